The van der Waals surface area contributed by atoms with E-state index in [1.54, 1.807) is 11.3 Å². The summed E-state index contributed by atoms with van der Waals surface area (Å²) in [7, 11) is 0. The van der Waals surface area contributed by atoms with E-state index in [0.29, 0.717) is 23.2 Å². The van der Waals surface area contributed by atoms with Crippen LogP contribution in [0.25, 0.3) is 22.1 Å². The lowest BCUT2D eigenvalue weighted by Gasteiger charge is -2.36. The molecule has 3 aromatic heterocycles. The number of hydrogen-bond acceptors (Lipinski definition) is 8. The van der Waals surface area contributed by atoms with Crippen LogP contribution >= 0.6 is 23.6 Å². The summed E-state index contributed by atoms with van der Waals surface area (Å²) >= 11 is 7.11. The minimum Gasteiger partial charge on any atom is -0.337 e. The first-order chi connectivity index (χ1) is 15.6. The molecule has 4 aromatic rings. The van der Waals surface area contributed by atoms with Gasteiger partial charge in [0.15, 0.2) is 5.82 Å². The Hall–Kier alpha value is -2.66. The highest BCUT2D eigenvalue weighted by molar-refractivity contribution is 7.71. The molecule has 0 aliphatic carbocycles. The smallest absolute Gasteiger partial charge is 0.244 e. The number of H-pyrrole nitrogens is 1. The fraction of sp³-hybridized carbons (Fsp3) is 0.364. The quantitative estimate of drug-likeness (QED) is 0.422. The van der Waals surface area contributed by atoms with Gasteiger partial charge in [-0.05, 0) is 37.5 Å². The fourth-order valence-corrected chi connectivity index (χ4v) is 4.71. The molecule has 32 heavy (non-hydrogen) atoms. The number of hydrogen-bond donors (Lipinski definition) is 1. The molecule has 1 N–H and O–H groups in total. The van der Waals surface area contributed by atoms with Crippen LogP contribution < -0.4 is 0 Å². The lowest BCUT2D eigenvalue weighted by molar-refractivity contribution is 0.0685. The summed E-state index contributed by atoms with van der Waals surface area (Å²) in [5, 5.41) is 9.56. The molecular formula is C22H25N7OS2. The molecule has 4 heterocycles. The maximum absolute atomic E-state index is 5.59. The molecule has 0 unspecified atom stereocenters. The molecule has 0 saturated carbocycles. The van der Waals surface area contributed by atoms with E-state index in [4.69, 9.17) is 16.7 Å². The summed E-state index contributed by atoms with van der Waals surface area (Å²) in [4.78, 5) is 15.0. The van der Waals surface area contributed by atoms with Crippen LogP contribution in [-0.4, -0.2) is 60.9 Å². The van der Waals surface area contributed by atoms with E-state index in [9.17, 15) is 0 Å². The Morgan fingerprint density at radius 1 is 1.12 bits per heavy atom. The third-order valence-corrected chi connectivity index (χ3v) is 7.03. The van der Waals surface area contributed by atoms with Gasteiger partial charge in [0.2, 0.25) is 16.5 Å². The second kappa shape index (κ2) is 9.07. The molecule has 0 bridgehead atoms. The monoisotopic (exact) mass is 467 g/mol. The molecule has 1 aliphatic rings. The summed E-state index contributed by atoms with van der Waals surface area (Å²) in [5.41, 5.74) is 2.18. The van der Waals surface area contributed by atoms with Crippen molar-refractivity contribution in [1.29, 1.82) is 0 Å². The maximum atomic E-state index is 5.59. The Balaban J connectivity index is 1.19. The normalized spacial score (nSPS) is 16.4. The van der Waals surface area contributed by atoms with Gasteiger partial charge >= 0.3 is 0 Å². The Kier molecular flexibility index (Phi) is 6.01. The molecule has 8 nitrogen and oxygen atoms in total. The van der Waals surface area contributed by atoms with Crippen molar-refractivity contribution in [3.8, 4) is 22.1 Å². The summed E-state index contributed by atoms with van der Waals surface area (Å²) in [6.07, 6.45) is 0. The van der Waals surface area contributed by atoms with E-state index < -0.39 is 0 Å². The van der Waals surface area contributed by atoms with Gasteiger partial charge in [-0.1, -0.05) is 41.1 Å². The molecule has 0 spiro atoms. The van der Waals surface area contributed by atoms with E-state index in [1.807, 2.05) is 34.3 Å². The average molecular weight is 468 g/mol. The van der Waals surface area contributed by atoms with Crippen molar-refractivity contribution in [2.45, 2.75) is 26.6 Å². The number of aryl methyl sites for hydroxylation is 1. The van der Waals surface area contributed by atoms with Crippen LogP contribution in [-0.2, 0) is 6.67 Å². The molecule has 1 aromatic carbocycles. The Morgan fingerprint density at radius 3 is 2.62 bits per heavy atom. The van der Waals surface area contributed by atoms with Crippen molar-refractivity contribution in [3.05, 3.63) is 58.0 Å². The molecule has 1 fully saturated rings. The first kappa shape index (κ1) is 21.2. The van der Waals surface area contributed by atoms with Crippen LogP contribution in [0.2, 0.25) is 0 Å². The van der Waals surface area contributed by atoms with E-state index in [1.165, 1.54) is 5.56 Å². The van der Waals surface area contributed by atoms with Crippen molar-refractivity contribution in [2.24, 2.45) is 0 Å². The largest absolute Gasteiger partial charge is 0.337 e. The molecule has 1 saturated heterocycles. The van der Waals surface area contributed by atoms with Gasteiger partial charge in [-0.15, -0.1) is 11.3 Å². The Labute approximate surface area is 195 Å². The zero-order valence-electron chi connectivity index (χ0n) is 18.1. The SMILES string of the molecule is Cc1ccc(-c2noc([C@H](C)N3CCN(Cn4[nH]c(-c5cccs5)nc4=S)CC3)n2)cc1. The number of nitrogens with one attached hydrogen (secondary N) is 1. The highest BCUT2D eigenvalue weighted by Gasteiger charge is 2.26. The van der Waals surface area contributed by atoms with Crippen LogP contribution in [0.5, 0.6) is 0 Å². The summed E-state index contributed by atoms with van der Waals surface area (Å²) in [6.45, 7) is 8.59. The lowest BCUT2D eigenvalue weighted by atomic mass is 10.1. The zero-order chi connectivity index (χ0) is 22.1. The van der Waals surface area contributed by atoms with Crippen molar-refractivity contribution in [3.63, 3.8) is 0 Å². The predicted octanol–water partition coefficient (Wildman–Crippen LogP) is 4.36. The van der Waals surface area contributed by atoms with Gasteiger partial charge in [-0.3, -0.25) is 14.9 Å². The molecule has 0 amide bonds. The minimum atomic E-state index is 0.0728. The van der Waals surface area contributed by atoms with E-state index in [-0.39, 0.29) is 6.04 Å². The highest BCUT2D eigenvalue weighted by Crippen LogP contribution is 2.24. The van der Waals surface area contributed by atoms with Crippen LogP contribution in [0.15, 0.2) is 46.3 Å². The van der Waals surface area contributed by atoms with E-state index in [0.717, 1.165) is 42.4 Å². The average Bonchev–Trinajstić information content (AvgIpc) is 3.56. The topological polar surface area (TPSA) is 79.0 Å². The molecular weight excluding hydrogens is 442 g/mol. The number of aromatic amines is 1. The molecule has 1 aliphatic heterocycles. The number of nitrogens with zero attached hydrogens (tertiary/aromatic N) is 6. The van der Waals surface area contributed by atoms with Crippen molar-refractivity contribution in [2.75, 3.05) is 26.2 Å². The number of rotatable bonds is 6. The molecule has 0 radical (unpaired) electrons. The number of thiophene rings is 1. The summed E-state index contributed by atoms with van der Waals surface area (Å²) in [5.74, 6) is 2.13. The van der Waals surface area contributed by atoms with Gasteiger partial charge < -0.3 is 4.52 Å². The minimum absolute atomic E-state index is 0.0728. The standard InChI is InChI=1S/C22H25N7OS2/c1-15-5-7-17(8-6-15)19-23-21(30-26-19)16(2)28-11-9-27(10-12-28)14-29-22(31)24-20(25-29)18-4-3-13-32-18/h3-8,13,16H,9-12,14H2,1-2H3,(H,24,25,31)/t16-/m0/s1. The lowest BCUT2D eigenvalue weighted by Crippen LogP contribution is -2.47. The summed E-state index contributed by atoms with van der Waals surface area (Å²) < 4.78 is 8.12. The van der Waals surface area contributed by atoms with E-state index in [2.05, 4.69) is 56.0 Å². The van der Waals surface area contributed by atoms with Gasteiger partial charge in [0, 0.05) is 31.7 Å². The second-order valence-corrected chi connectivity index (χ2v) is 9.37. The first-order valence-corrected chi connectivity index (χ1v) is 11.9. The third-order valence-electron chi connectivity index (χ3n) is 5.84. The van der Waals surface area contributed by atoms with Crippen LogP contribution in [0, 0.1) is 11.7 Å². The zero-order valence-corrected chi connectivity index (χ0v) is 19.7. The van der Waals surface area contributed by atoms with Gasteiger partial charge in [0.05, 0.1) is 17.6 Å². The predicted molar refractivity (Wildman–Crippen MR) is 127 cm³/mol. The fourth-order valence-electron chi connectivity index (χ4n) is 3.85. The van der Waals surface area contributed by atoms with Crippen LogP contribution in [0.1, 0.15) is 24.4 Å². The van der Waals surface area contributed by atoms with Gasteiger partial charge in [0.1, 0.15) is 0 Å². The summed E-state index contributed by atoms with van der Waals surface area (Å²) in [6, 6.07) is 12.3. The number of aromatic nitrogens is 5. The maximum Gasteiger partial charge on any atom is 0.244 e. The number of piperazine rings is 1. The number of benzene rings is 1. The highest BCUT2D eigenvalue weighted by atomic mass is 32.1. The van der Waals surface area contributed by atoms with Crippen molar-refractivity contribution in [1.82, 2.24) is 34.7 Å². The first-order valence-electron chi connectivity index (χ1n) is 10.6. The van der Waals surface area contributed by atoms with Gasteiger partial charge in [-0.2, -0.15) is 9.97 Å². The van der Waals surface area contributed by atoms with Gasteiger partial charge in [-0.25, -0.2) is 4.68 Å². The third kappa shape index (κ3) is 4.44. The van der Waals surface area contributed by atoms with Crippen molar-refractivity contribution >= 4 is 23.6 Å². The van der Waals surface area contributed by atoms with E-state index >= 15 is 0 Å². The Morgan fingerprint density at radius 2 is 1.91 bits per heavy atom. The molecule has 10 heteroatoms. The Bertz CT molecular complexity index is 1220. The van der Waals surface area contributed by atoms with Gasteiger partial charge in [0.25, 0.3) is 0 Å². The van der Waals surface area contributed by atoms with Crippen LogP contribution in [0.3, 0.4) is 0 Å². The van der Waals surface area contributed by atoms with Crippen molar-refractivity contribution < 1.29 is 4.52 Å². The molecule has 5 rings (SSSR count). The second-order valence-electron chi connectivity index (χ2n) is 8.05. The van der Waals surface area contributed by atoms with Crippen LogP contribution in [0.4, 0.5) is 0 Å². The molecule has 166 valence electrons. The molecule has 1 atom stereocenters.